The number of aromatic nitrogens is 2. The minimum atomic E-state index is -0.0106. The average Bonchev–Trinajstić information content (AvgIpc) is 3.07. The van der Waals surface area contributed by atoms with E-state index in [2.05, 4.69) is 28.0 Å². The van der Waals surface area contributed by atoms with Crippen LogP contribution in [0.4, 0.5) is 5.95 Å². The van der Waals surface area contributed by atoms with Crippen LogP contribution in [-0.2, 0) is 4.74 Å². The Hall–Kier alpha value is -1.03. The molecule has 1 aliphatic heterocycles. The number of nitrogens with one attached hydrogen (secondary N) is 1. The molecule has 1 aromatic heterocycles. The first-order chi connectivity index (χ1) is 9.27. The summed E-state index contributed by atoms with van der Waals surface area (Å²) in [7, 11) is 0. The Morgan fingerprint density at radius 2 is 2.21 bits per heavy atom. The first kappa shape index (κ1) is 13.0. The van der Waals surface area contributed by atoms with Gasteiger partial charge in [0.05, 0.1) is 5.60 Å². The second-order valence-electron chi connectivity index (χ2n) is 6.21. The Kier molecular flexibility index (Phi) is 3.78. The monoisotopic (exact) mass is 263 g/mol. The first-order valence-electron chi connectivity index (χ1n) is 7.68. The first-order valence-corrected chi connectivity index (χ1v) is 7.68. The number of ether oxygens (including phenoxy) is 1. The van der Waals surface area contributed by atoms with Gasteiger partial charge in [0, 0.05) is 31.6 Å². The maximum Gasteiger partial charge on any atom is 0.203 e. The van der Waals surface area contributed by atoms with Crippen LogP contribution in [0.2, 0.25) is 0 Å². The largest absolute Gasteiger partial charge is 0.373 e. The van der Waals surface area contributed by atoms with Crippen molar-refractivity contribution >= 4 is 5.95 Å². The second-order valence-corrected chi connectivity index (χ2v) is 6.21. The van der Waals surface area contributed by atoms with Crippen LogP contribution >= 0.6 is 0 Å². The highest BCUT2D eigenvalue weighted by Gasteiger charge is 2.30. The molecular formula is C15H25N3O. The molecule has 19 heavy (non-hydrogen) atoms. The number of hydrogen-bond acceptors (Lipinski definition) is 3. The Balaban J connectivity index is 1.63. The summed E-state index contributed by atoms with van der Waals surface area (Å²) in [6.45, 7) is 3.95. The molecule has 4 nitrogen and oxygen atoms in total. The zero-order chi connectivity index (χ0) is 13.1. The predicted molar refractivity (Wildman–Crippen MR) is 76.4 cm³/mol. The van der Waals surface area contributed by atoms with Crippen molar-refractivity contribution in [1.82, 2.24) is 9.55 Å². The highest BCUT2D eigenvalue weighted by molar-refractivity contribution is 5.27. The van der Waals surface area contributed by atoms with Crippen LogP contribution < -0.4 is 5.32 Å². The molecule has 0 radical (unpaired) electrons. The van der Waals surface area contributed by atoms with E-state index in [4.69, 9.17) is 4.74 Å². The quantitative estimate of drug-likeness (QED) is 0.905. The summed E-state index contributed by atoms with van der Waals surface area (Å²) in [5.74, 6) is 1.02. The predicted octanol–water partition coefficient (Wildman–Crippen LogP) is 3.37. The van der Waals surface area contributed by atoms with Gasteiger partial charge in [-0.05, 0) is 32.6 Å². The summed E-state index contributed by atoms with van der Waals surface area (Å²) >= 11 is 0. The van der Waals surface area contributed by atoms with Gasteiger partial charge in [-0.2, -0.15) is 0 Å². The van der Waals surface area contributed by atoms with Gasteiger partial charge < -0.3 is 14.6 Å². The van der Waals surface area contributed by atoms with E-state index < -0.39 is 0 Å². The van der Waals surface area contributed by atoms with Crippen molar-refractivity contribution in [1.29, 1.82) is 0 Å². The molecule has 0 spiro atoms. The topological polar surface area (TPSA) is 39.1 Å². The molecule has 3 rings (SSSR count). The highest BCUT2D eigenvalue weighted by Crippen LogP contribution is 2.31. The van der Waals surface area contributed by atoms with Crippen molar-refractivity contribution in [2.24, 2.45) is 0 Å². The van der Waals surface area contributed by atoms with Crippen molar-refractivity contribution in [2.45, 2.75) is 63.5 Å². The summed E-state index contributed by atoms with van der Waals surface area (Å²) in [5, 5.41) is 3.50. The molecule has 106 valence electrons. The molecule has 0 aromatic carbocycles. The van der Waals surface area contributed by atoms with Crippen molar-refractivity contribution in [2.75, 3.05) is 18.5 Å². The highest BCUT2D eigenvalue weighted by atomic mass is 16.5. The van der Waals surface area contributed by atoms with Gasteiger partial charge in [-0.15, -0.1) is 0 Å². The standard InChI is InChI=1S/C15H25N3O/c1-15(8-5-11-19-15)12-17-14-16-9-10-18(14)13-6-3-2-4-7-13/h9-10,13H,2-8,11-12H2,1H3,(H,16,17). The lowest BCUT2D eigenvalue weighted by molar-refractivity contribution is 0.0313. The molecule has 1 saturated heterocycles. The van der Waals surface area contributed by atoms with E-state index in [9.17, 15) is 0 Å². The third kappa shape index (κ3) is 2.94. The van der Waals surface area contributed by atoms with E-state index in [1.165, 1.54) is 38.5 Å². The van der Waals surface area contributed by atoms with Crippen LogP contribution in [0, 0.1) is 0 Å². The lowest BCUT2D eigenvalue weighted by Gasteiger charge is -2.27. The van der Waals surface area contributed by atoms with E-state index in [-0.39, 0.29) is 5.60 Å². The van der Waals surface area contributed by atoms with Gasteiger partial charge >= 0.3 is 0 Å². The molecule has 1 N–H and O–H groups in total. The van der Waals surface area contributed by atoms with Gasteiger partial charge in [-0.1, -0.05) is 19.3 Å². The molecule has 4 heteroatoms. The van der Waals surface area contributed by atoms with E-state index in [0.717, 1.165) is 25.5 Å². The molecule has 1 aliphatic carbocycles. The maximum atomic E-state index is 5.82. The fraction of sp³-hybridized carbons (Fsp3) is 0.800. The SMILES string of the molecule is CC1(CNc2nccn2C2CCCCC2)CCCO1. The molecule has 2 aliphatic rings. The van der Waals surface area contributed by atoms with E-state index in [0.29, 0.717) is 6.04 Å². The van der Waals surface area contributed by atoms with Gasteiger partial charge in [-0.25, -0.2) is 4.98 Å². The van der Waals surface area contributed by atoms with Crippen molar-refractivity contribution in [3.63, 3.8) is 0 Å². The summed E-state index contributed by atoms with van der Waals surface area (Å²) in [5.41, 5.74) is -0.0106. The summed E-state index contributed by atoms with van der Waals surface area (Å²) in [6, 6.07) is 0.635. The zero-order valence-electron chi connectivity index (χ0n) is 11.9. The third-order valence-corrected chi connectivity index (χ3v) is 4.56. The van der Waals surface area contributed by atoms with Crippen LogP contribution in [0.25, 0.3) is 0 Å². The summed E-state index contributed by atoms with van der Waals surface area (Å²) in [4.78, 5) is 4.48. The number of nitrogens with zero attached hydrogens (tertiary/aromatic N) is 2. The van der Waals surface area contributed by atoms with Crippen molar-refractivity contribution in [3.8, 4) is 0 Å². The summed E-state index contributed by atoms with van der Waals surface area (Å²) < 4.78 is 8.16. The number of anilines is 1. The smallest absolute Gasteiger partial charge is 0.203 e. The Labute approximate surface area is 115 Å². The Morgan fingerprint density at radius 1 is 1.37 bits per heavy atom. The van der Waals surface area contributed by atoms with Gasteiger partial charge in [0.15, 0.2) is 0 Å². The molecule has 0 amide bonds. The molecule has 2 fully saturated rings. The van der Waals surface area contributed by atoms with Gasteiger partial charge in [-0.3, -0.25) is 0 Å². The molecule has 1 aromatic rings. The number of rotatable bonds is 4. The normalized spacial score (nSPS) is 28.7. The van der Waals surface area contributed by atoms with E-state index >= 15 is 0 Å². The minimum Gasteiger partial charge on any atom is -0.373 e. The van der Waals surface area contributed by atoms with Crippen molar-refractivity contribution in [3.05, 3.63) is 12.4 Å². The zero-order valence-corrected chi connectivity index (χ0v) is 11.9. The lowest BCUT2D eigenvalue weighted by Crippen LogP contribution is -2.33. The van der Waals surface area contributed by atoms with Crippen LogP contribution in [0.15, 0.2) is 12.4 Å². The molecule has 2 heterocycles. The molecule has 0 bridgehead atoms. The number of hydrogen-bond donors (Lipinski definition) is 1. The number of imidazole rings is 1. The van der Waals surface area contributed by atoms with Crippen LogP contribution in [-0.4, -0.2) is 28.3 Å². The fourth-order valence-electron chi connectivity index (χ4n) is 3.35. The fourth-order valence-corrected chi connectivity index (χ4v) is 3.35. The third-order valence-electron chi connectivity index (χ3n) is 4.56. The maximum absolute atomic E-state index is 5.82. The molecule has 1 unspecified atom stereocenters. The molecule has 1 atom stereocenters. The van der Waals surface area contributed by atoms with Gasteiger partial charge in [0.25, 0.3) is 0 Å². The molecular weight excluding hydrogens is 238 g/mol. The van der Waals surface area contributed by atoms with Crippen LogP contribution in [0.5, 0.6) is 0 Å². The van der Waals surface area contributed by atoms with Crippen molar-refractivity contribution < 1.29 is 4.74 Å². The van der Waals surface area contributed by atoms with Crippen LogP contribution in [0.1, 0.15) is 57.9 Å². The minimum absolute atomic E-state index is 0.0106. The van der Waals surface area contributed by atoms with Crippen LogP contribution in [0.3, 0.4) is 0 Å². The van der Waals surface area contributed by atoms with E-state index in [1.807, 2.05) is 6.20 Å². The average molecular weight is 263 g/mol. The summed E-state index contributed by atoms with van der Waals surface area (Å²) in [6.07, 6.45) is 13.0. The van der Waals surface area contributed by atoms with E-state index in [1.54, 1.807) is 0 Å². The second kappa shape index (κ2) is 5.53. The molecule has 1 saturated carbocycles. The Bertz CT molecular complexity index is 403. The lowest BCUT2D eigenvalue weighted by atomic mass is 9.95. The Morgan fingerprint density at radius 3 is 2.95 bits per heavy atom. The van der Waals surface area contributed by atoms with Gasteiger partial charge in [0.2, 0.25) is 5.95 Å². The van der Waals surface area contributed by atoms with Gasteiger partial charge in [0.1, 0.15) is 0 Å².